The van der Waals surface area contributed by atoms with Gasteiger partial charge in [-0.05, 0) is 29.8 Å². The van der Waals surface area contributed by atoms with E-state index in [4.69, 9.17) is 15.8 Å². The van der Waals surface area contributed by atoms with E-state index in [0.29, 0.717) is 12.3 Å². The number of hydrogen-bond donors (Lipinski definition) is 0. The molecule has 1 fully saturated rings. The van der Waals surface area contributed by atoms with Gasteiger partial charge in [-0.15, -0.1) is 0 Å². The minimum atomic E-state index is -3.57. The van der Waals surface area contributed by atoms with Crippen molar-refractivity contribution in [3.63, 3.8) is 0 Å². The average Bonchev–Trinajstić information content (AvgIpc) is 2.64. The summed E-state index contributed by atoms with van der Waals surface area (Å²) >= 11 is 5.92. The summed E-state index contributed by atoms with van der Waals surface area (Å²) in [6, 6.07) is 16.5. The number of halogens is 1. The normalized spacial score (nSPS) is 16.5. The van der Waals surface area contributed by atoms with E-state index in [-0.39, 0.29) is 5.75 Å². The van der Waals surface area contributed by atoms with Crippen LogP contribution in [0, 0.1) is 0 Å². The molecule has 1 heterocycles. The molecule has 0 radical (unpaired) electrons. The Balaban J connectivity index is 1.41. The highest BCUT2D eigenvalue weighted by atomic mass is 35.5. The van der Waals surface area contributed by atoms with E-state index >= 15 is 0 Å². The molecule has 0 spiro atoms. The number of piperazine rings is 1. The maximum absolute atomic E-state index is 12.1. The van der Waals surface area contributed by atoms with E-state index in [0.717, 1.165) is 37.7 Å². The van der Waals surface area contributed by atoms with Crippen molar-refractivity contribution in [3.05, 3.63) is 65.2 Å². The van der Waals surface area contributed by atoms with Gasteiger partial charge in [-0.3, -0.25) is 9.80 Å². The Morgan fingerprint density at radius 3 is 2.15 bits per heavy atom. The van der Waals surface area contributed by atoms with Gasteiger partial charge in [0.1, 0.15) is 5.75 Å². The topological polar surface area (TPSA) is 49.9 Å². The fraction of sp³-hybridized carbons (Fsp3) is 0.368. The molecule has 0 saturated carbocycles. The van der Waals surface area contributed by atoms with Crippen molar-refractivity contribution >= 4 is 21.7 Å². The standard InChI is InChI=1S/C19H23ClN2O3S/c20-18-8-6-17(7-9-18)16-22-12-10-21(11-13-22)14-15-26(23,24)25-19-4-2-1-3-5-19/h1-9H,10-16H2. The molecule has 0 unspecified atom stereocenters. The van der Waals surface area contributed by atoms with Crippen molar-refractivity contribution < 1.29 is 12.6 Å². The molecule has 0 N–H and O–H groups in total. The molecule has 7 heteroatoms. The monoisotopic (exact) mass is 394 g/mol. The Morgan fingerprint density at radius 2 is 1.50 bits per heavy atom. The number of para-hydroxylation sites is 1. The SMILES string of the molecule is O=S(=O)(CCN1CCN(Cc2ccc(Cl)cc2)CC1)Oc1ccccc1. The van der Waals surface area contributed by atoms with Gasteiger partial charge in [0.05, 0.1) is 5.75 Å². The van der Waals surface area contributed by atoms with E-state index in [1.54, 1.807) is 24.3 Å². The van der Waals surface area contributed by atoms with Crippen molar-refractivity contribution in [2.45, 2.75) is 6.54 Å². The zero-order valence-electron chi connectivity index (χ0n) is 14.6. The second-order valence-electron chi connectivity index (χ2n) is 6.40. The van der Waals surface area contributed by atoms with Crippen LogP contribution >= 0.6 is 11.6 Å². The quantitative estimate of drug-likeness (QED) is 0.676. The first-order chi connectivity index (χ1) is 12.5. The highest BCUT2D eigenvalue weighted by Crippen LogP contribution is 2.14. The zero-order chi connectivity index (χ0) is 18.4. The van der Waals surface area contributed by atoms with E-state index in [1.165, 1.54) is 5.56 Å². The van der Waals surface area contributed by atoms with Gasteiger partial charge in [-0.2, -0.15) is 8.42 Å². The lowest BCUT2D eigenvalue weighted by Gasteiger charge is -2.34. The summed E-state index contributed by atoms with van der Waals surface area (Å²) in [6.07, 6.45) is 0. The number of rotatable bonds is 7. The molecule has 3 rings (SSSR count). The molecule has 5 nitrogen and oxygen atoms in total. The van der Waals surface area contributed by atoms with Gasteiger partial charge in [-0.1, -0.05) is 41.9 Å². The minimum absolute atomic E-state index is 0.000914. The van der Waals surface area contributed by atoms with Crippen LogP contribution in [0.25, 0.3) is 0 Å². The zero-order valence-corrected chi connectivity index (χ0v) is 16.1. The molecule has 2 aromatic rings. The van der Waals surface area contributed by atoms with Crippen LogP contribution < -0.4 is 4.18 Å². The molecule has 140 valence electrons. The van der Waals surface area contributed by atoms with Gasteiger partial charge in [0.2, 0.25) is 0 Å². The first-order valence-corrected chi connectivity index (χ1v) is 10.6. The molecule has 0 aliphatic carbocycles. The summed E-state index contributed by atoms with van der Waals surface area (Å²) < 4.78 is 29.3. The Bertz CT molecular complexity index is 789. The maximum Gasteiger partial charge on any atom is 0.310 e. The molecular formula is C19H23ClN2O3S. The third kappa shape index (κ3) is 5.99. The Labute approximate surface area is 160 Å². The van der Waals surface area contributed by atoms with E-state index in [9.17, 15) is 8.42 Å². The fourth-order valence-corrected chi connectivity index (χ4v) is 4.02. The Morgan fingerprint density at radius 1 is 0.885 bits per heavy atom. The lowest BCUT2D eigenvalue weighted by Crippen LogP contribution is -2.47. The summed E-state index contributed by atoms with van der Waals surface area (Å²) in [6.45, 7) is 4.93. The Kier molecular flexibility index (Phi) is 6.53. The molecule has 0 atom stereocenters. The predicted octanol–water partition coefficient (Wildman–Crippen LogP) is 2.87. The lowest BCUT2D eigenvalue weighted by atomic mass is 10.2. The van der Waals surface area contributed by atoms with Crippen LogP contribution in [-0.4, -0.2) is 56.7 Å². The number of hydrogen-bond acceptors (Lipinski definition) is 5. The van der Waals surface area contributed by atoms with Crippen molar-refractivity contribution in [1.82, 2.24) is 9.80 Å². The smallest absolute Gasteiger partial charge is 0.310 e. The second kappa shape index (κ2) is 8.86. The summed E-state index contributed by atoms with van der Waals surface area (Å²) in [5.41, 5.74) is 1.24. The van der Waals surface area contributed by atoms with Gasteiger partial charge in [-0.25, -0.2) is 0 Å². The van der Waals surface area contributed by atoms with Crippen LogP contribution in [0.3, 0.4) is 0 Å². The van der Waals surface area contributed by atoms with Crippen LogP contribution in [0.1, 0.15) is 5.56 Å². The van der Waals surface area contributed by atoms with Crippen LogP contribution in [0.4, 0.5) is 0 Å². The van der Waals surface area contributed by atoms with Gasteiger partial charge >= 0.3 is 10.1 Å². The summed E-state index contributed by atoms with van der Waals surface area (Å²) in [5.74, 6) is 0.360. The highest BCUT2D eigenvalue weighted by Gasteiger charge is 2.20. The number of benzene rings is 2. The van der Waals surface area contributed by atoms with Crippen molar-refractivity contribution in [2.24, 2.45) is 0 Å². The highest BCUT2D eigenvalue weighted by molar-refractivity contribution is 7.87. The molecule has 1 aliphatic rings. The minimum Gasteiger partial charge on any atom is -0.382 e. The van der Waals surface area contributed by atoms with Gasteiger partial charge < -0.3 is 4.18 Å². The van der Waals surface area contributed by atoms with Gasteiger partial charge in [0.15, 0.2) is 0 Å². The molecule has 0 aromatic heterocycles. The molecule has 1 saturated heterocycles. The molecular weight excluding hydrogens is 372 g/mol. The van der Waals surface area contributed by atoms with Crippen molar-refractivity contribution in [2.75, 3.05) is 38.5 Å². The summed E-state index contributed by atoms with van der Waals surface area (Å²) in [5, 5.41) is 0.748. The van der Waals surface area contributed by atoms with E-state index in [1.807, 2.05) is 30.3 Å². The predicted molar refractivity (Wildman–Crippen MR) is 104 cm³/mol. The van der Waals surface area contributed by atoms with E-state index < -0.39 is 10.1 Å². The molecule has 0 bridgehead atoms. The average molecular weight is 395 g/mol. The van der Waals surface area contributed by atoms with Crippen LogP contribution in [-0.2, 0) is 16.7 Å². The molecule has 2 aromatic carbocycles. The largest absolute Gasteiger partial charge is 0.382 e. The lowest BCUT2D eigenvalue weighted by molar-refractivity contribution is 0.132. The maximum atomic E-state index is 12.1. The summed E-state index contributed by atoms with van der Waals surface area (Å²) in [7, 11) is -3.57. The molecule has 0 amide bonds. The number of nitrogens with zero attached hydrogens (tertiary/aromatic N) is 2. The molecule has 1 aliphatic heterocycles. The second-order valence-corrected chi connectivity index (χ2v) is 8.53. The van der Waals surface area contributed by atoms with E-state index in [2.05, 4.69) is 9.80 Å². The van der Waals surface area contributed by atoms with Gasteiger partial charge in [0.25, 0.3) is 0 Å². The first kappa shape index (κ1) is 19.2. The third-order valence-electron chi connectivity index (χ3n) is 4.41. The van der Waals surface area contributed by atoms with Crippen LogP contribution in [0.15, 0.2) is 54.6 Å². The third-order valence-corrected chi connectivity index (χ3v) is 5.79. The van der Waals surface area contributed by atoms with Crippen LogP contribution in [0.5, 0.6) is 5.75 Å². The molecule has 26 heavy (non-hydrogen) atoms. The van der Waals surface area contributed by atoms with Crippen molar-refractivity contribution in [3.8, 4) is 5.75 Å². The summed E-state index contributed by atoms with van der Waals surface area (Å²) in [4.78, 5) is 4.54. The Hall–Kier alpha value is -1.60. The van der Waals surface area contributed by atoms with Crippen LogP contribution in [0.2, 0.25) is 5.02 Å². The van der Waals surface area contributed by atoms with Crippen molar-refractivity contribution in [1.29, 1.82) is 0 Å². The van der Waals surface area contributed by atoms with Gasteiger partial charge in [0, 0.05) is 44.3 Å². The fourth-order valence-electron chi connectivity index (χ4n) is 2.92. The first-order valence-electron chi connectivity index (χ1n) is 8.66.